The molecule has 2 amide bonds. The van der Waals surface area contributed by atoms with E-state index in [1.54, 1.807) is 0 Å². The number of hydrogen-bond acceptors (Lipinski definition) is 4. The highest BCUT2D eigenvalue weighted by atomic mass is 16.5. The fraction of sp³-hybridized carbons (Fsp3) is 0.500. The van der Waals surface area contributed by atoms with Crippen molar-refractivity contribution in [2.75, 3.05) is 13.1 Å². The van der Waals surface area contributed by atoms with Crippen molar-refractivity contribution in [2.45, 2.75) is 63.9 Å². The number of benzene rings is 2. The van der Waals surface area contributed by atoms with Crippen LogP contribution in [0, 0.1) is 11.8 Å². The van der Waals surface area contributed by atoms with Gasteiger partial charge in [-0.2, -0.15) is 0 Å². The zero-order valence-electron chi connectivity index (χ0n) is 20.2. The molecule has 0 aromatic heterocycles. The second kappa shape index (κ2) is 9.06. The number of likely N-dealkylation sites (tertiary alicyclic amines) is 1. The Labute approximate surface area is 201 Å². The first-order valence-electron chi connectivity index (χ1n) is 12.3. The van der Waals surface area contributed by atoms with Gasteiger partial charge in [0, 0.05) is 43.8 Å². The summed E-state index contributed by atoms with van der Waals surface area (Å²) in [4.78, 5) is 27.3. The smallest absolute Gasteiger partial charge is 0.245 e. The zero-order chi connectivity index (χ0) is 23.9. The second-order valence-electron chi connectivity index (χ2n) is 10.5. The lowest BCUT2D eigenvalue weighted by Crippen LogP contribution is -2.58. The molecule has 0 radical (unpaired) electrons. The van der Waals surface area contributed by atoms with Gasteiger partial charge in [0.2, 0.25) is 11.8 Å². The number of fused-ring (bicyclic) bond motifs is 4. The number of nitrogens with zero attached hydrogens (tertiary/aromatic N) is 1. The maximum Gasteiger partial charge on any atom is 0.245 e. The number of rotatable bonds is 4. The molecule has 0 unspecified atom stereocenters. The van der Waals surface area contributed by atoms with Gasteiger partial charge in [0.25, 0.3) is 0 Å². The van der Waals surface area contributed by atoms with Gasteiger partial charge in [0.1, 0.15) is 17.4 Å². The van der Waals surface area contributed by atoms with E-state index in [1.807, 2.05) is 53.4 Å². The predicted molar refractivity (Wildman–Crippen MR) is 129 cm³/mol. The Morgan fingerprint density at radius 2 is 1.85 bits per heavy atom. The quantitative estimate of drug-likeness (QED) is 0.748. The first-order valence-corrected chi connectivity index (χ1v) is 12.3. The first kappa shape index (κ1) is 22.9. The molecule has 3 aliphatic rings. The normalized spacial score (nSPS) is 27.9. The van der Waals surface area contributed by atoms with E-state index in [1.165, 1.54) is 6.92 Å². The van der Waals surface area contributed by atoms with Crippen molar-refractivity contribution in [3.63, 3.8) is 0 Å². The standard InChI is InChI=1S/C28H34N2O4/c1-18(31)29-23(15-19-9-5-4-6-10-19)27(32)30-14-13-24-20(17-30)16-22-26(33-24)21-11-7-8-12-25(21)34-28(22,2)3/h4-12,20,22-24,26H,13-17H2,1-3H3,(H,29,31)/t20-,22+,23+,24+,26-/m0/s1. The molecule has 5 rings (SSSR count). The van der Waals surface area contributed by atoms with Gasteiger partial charge in [-0.3, -0.25) is 9.59 Å². The van der Waals surface area contributed by atoms with Gasteiger partial charge in [-0.15, -0.1) is 0 Å². The Morgan fingerprint density at radius 1 is 1.12 bits per heavy atom. The summed E-state index contributed by atoms with van der Waals surface area (Å²) in [5, 5.41) is 2.89. The summed E-state index contributed by atoms with van der Waals surface area (Å²) in [6, 6.07) is 17.5. The SMILES string of the molecule is CC(=O)N[C@H](Cc1ccccc1)C(=O)N1CC[C@H]2O[C@H]3c4ccccc4OC(C)(C)[C@@H]3C[C@H]2C1. The number of piperidine rings is 1. The van der Waals surface area contributed by atoms with E-state index >= 15 is 0 Å². The molecule has 2 saturated heterocycles. The van der Waals surface area contributed by atoms with Gasteiger partial charge in [-0.1, -0.05) is 48.5 Å². The molecule has 3 heterocycles. The van der Waals surface area contributed by atoms with Gasteiger partial charge >= 0.3 is 0 Å². The third kappa shape index (κ3) is 4.43. The minimum absolute atomic E-state index is 0.0101. The van der Waals surface area contributed by atoms with E-state index in [-0.39, 0.29) is 41.5 Å². The Morgan fingerprint density at radius 3 is 2.62 bits per heavy atom. The first-order chi connectivity index (χ1) is 16.3. The maximum atomic E-state index is 13.5. The molecule has 6 heteroatoms. The molecule has 2 aromatic carbocycles. The van der Waals surface area contributed by atoms with Crippen LogP contribution in [0.25, 0.3) is 0 Å². The van der Waals surface area contributed by atoms with Gasteiger partial charge in [0.15, 0.2) is 0 Å². The van der Waals surface area contributed by atoms with Crippen LogP contribution >= 0.6 is 0 Å². The highest BCUT2D eigenvalue weighted by molar-refractivity contribution is 5.87. The lowest BCUT2D eigenvalue weighted by Gasteiger charge is -2.53. The number of ether oxygens (including phenoxy) is 2. The van der Waals surface area contributed by atoms with Gasteiger partial charge < -0.3 is 19.7 Å². The molecule has 0 saturated carbocycles. The molecule has 180 valence electrons. The van der Waals surface area contributed by atoms with E-state index in [9.17, 15) is 9.59 Å². The van der Waals surface area contributed by atoms with Crippen LogP contribution in [0.1, 0.15) is 50.8 Å². The van der Waals surface area contributed by atoms with Gasteiger partial charge in [-0.25, -0.2) is 0 Å². The van der Waals surface area contributed by atoms with E-state index < -0.39 is 6.04 Å². The van der Waals surface area contributed by atoms with Crippen LogP contribution in [0.15, 0.2) is 54.6 Å². The van der Waals surface area contributed by atoms with E-state index in [4.69, 9.17) is 9.47 Å². The number of nitrogens with one attached hydrogen (secondary N) is 1. The van der Waals surface area contributed by atoms with Crippen LogP contribution in [0.4, 0.5) is 0 Å². The molecule has 0 spiro atoms. The van der Waals surface area contributed by atoms with Crippen LogP contribution in [-0.2, 0) is 20.7 Å². The fourth-order valence-corrected chi connectivity index (χ4v) is 5.97. The van der Waals surface area contributed by atoms with Crippen LogP contribution in [0.2, 0.25) is 0 Å². The third-order valence-electron chi connectivity index (χ3n) is 7.67. The van der Waals surface area contributed by atoms with Crippen molar-refractivity contribution in [3.05, 3.63) is 65.7 Å². The number of amides is 2. The fourth-order valence-electron chi connectivity index (χ4n) is 5.97. The molecule has 2 fully saturated rings. The Bertz CT molecular complexity index is 1050. The maximum absolute atomic E-state index is 13.5. The molecule has 3 aliphatic heterocycles. The van der Waals surface area contributed by atoms with Crippen LogP contribution in [0.3, 0.4) is 0 Å². The summed E-state index contributed by atoms with van der Waals surface area (Å²) in [6.07, 6.45) is 2.39. The largest absolute Gasteiger partial charge is 0.487 e. The summed E-state index contributed by atoms with van der Waals surface area (Å²) < 4.78 is 13.1. The monoisotopic (exact) mass is 462 g/mol. The van der Waals surface area contributed by atoms with Crippen molar-refractivity contribution in [2.24, 2.45) is 11.8 Å². The summed E-state index contributed by atoms with van der Waals surface area (Å²) in [7, 11) is 0. The molecule has 0 bridgehead atoms. The number of carbonyl (C=O) groups is 2. The van der Waals surface area contributed by atoms with Crippen LogP contribution in [-0.4, -0.2) is 47.6 Å². The van der Waals surface area contributed by atoms with Crippen molar-refractivity contribution < 1.29 is 19.1 Å². The lowest BCUT2D eigenvalue weighted by molar-refractivity contribution is -0.189. The molecule has 5 atom stereocenters. The second-order valence-corrected chi connectivity index (χ2v) is 10.5. The van der Waals surface area contributed by atoms with Crippen LogP contribution in [0.5, 0.6) is 5.75 Å². The highest BCUT2D eigenvalue weighted by Crippen LogP contribution is 2.52. The van der Waals surface area contributed by atoms with E-state index in [0.29, 0.717) is 19.5 Å². The summed E-state index contributed by atoms with van der Waals surface area (Å²) in [5.74, 6) is 1.19. The van der Waals surface area contributed by atoms with E-state index in [2.05, 4.69) is 25.2 Å². The molecule has 1 N–H and O–H groups in total. The summed E-state index contributed by atoms with van der Waals surface area (Å²) >= 11 is 0. The van der Waals surface area contributed by atoms with Crippen molar-refractivity contribution >= 4 is 11.8 Å². The average Bonchev–Trinajstić information content (AvgIpc) is 2.82. The topological polar surface area (TPSA) is 67.9 Å². The number of hydrogen-bond donors (Lipinski definition) is 1. The predicted octanol–water partition coefficient (Wildman–Crippen LogP) is 3.90. The molecule has 34 heavy (non-hydrogen) atoms. The minimum Gasteiger partial charge on any atom is -0.487 e. The molecule has 6 nitrogen and oxygen atoms in total. The Balaban J connectivity index is 1.32. The summed E-state index contributed by atoms with van der Waals surface area (Å²) in [6.45, 7) is 7.04. The highest BCUT2D eigenvalue weighted by Gasteiger charge is 2.51. The summed E-state index contributed by atoms with van der Waals surface area (Å²) in [5.41, 5.74) is 1.83. The third-order valence-corrected chi connectivity index (χ3v) is 7.67. The molecule has 2 aromatic rings. The van der Waals surface area contributed by atoms with Crippen LogP contribution < -0.4 is 10.1 Å². The minimum atomic E-state index is -0.560. The Kier molecular flexibility index (Phi) is 6.11. The van der Waals surface area contributed by atoms with E-state index in [0.717, 1.165) is 29.7 Å². The Hall–Kier alpha value is -2.86. The van der Waals surface area contributed by atoms with Crippen molar-refractivity contribution in [1.82, 2.24) is 10.2 Å². The van der Waals surface area contributed by atoms with Crippen molar-refractivity contribution in [3.8, 4) is 5.75 Å². The molecule has 0 aliphatic carbocycles. The average molecular weight is 463 g/mol. The van der Waals surface area contributed by atoms with Crippen molar-refractivity contribution in [1.29, 1.82) is 0 Å². The number of para-hydroxylation sites is 1. The van der Waals surface area contributed by atoms with Gasteiger partial charge in [-0.05, 0) is 38.3 Å². The molecular formula is C28H34N2O4. The zero-order valence-corrected chi connectivity index (χ0v) is 20.2. The molecular weight excluding hydrogens is 428 g/mol. The van der Waals surface area contributed by atoms with Gasteiger partial charge in [0.05, 0.1) is 12.2 Å². The lowest BCUT2D eigenvalue weighted by atomic mass is 9.70. The number of carbonyl (C=O) groups excluding carboxylic acids is 2.